The molecule has 0 bridgehead atoms. The fourth-order valence-electron chi connectivity index (χ4n) is 4.31. The van der Waals surface area contributed by atoms with Crippen LogP contribution in [-0.4, -0.2) is 42.9 Å². The molecule has 0 spiro atoms. The summed E-state index contributed by atoms with van der Waals surface area (Å²) in [6.07, 6.45) is 4.41. The Morgan fingerprint density at radius 3 is 2.27 bits per heavy atom. The molecular weight excluding hydrogens is 374 g/mol. The first-order valence-electron chi connectivity index (χ1n) is 11.1. The number of anilines is 2. The summed E-state index contributed by atoms with van der Waals surface area (Å²) in [5.41, 5.74) is 4.09. The average Bonchev–Trinajstić information content (AvgIpc) is 3.29. The summed E-state index contributed by atoms with van der Waals surface area (Å²) in [6.45, 7) is 7.85. The van der Waals surface area contributed by atoms with Crippen molar-refractivity contribution in [2.45, 2.75) is 39.5 Å². The Morgan fingerprint density at radius 1 is 0.933 bits per heavy atom. The molecule has 5 heteroatoms. The van der Waals surface area contributed by atoms with Gasteiger partial charge in [-0.25, -0.2) is 0 Å². The van der Waals surface area contributed by atoms with Gasteiger partial charge in [-0.15, -0.1) is 0 Å². The summed E-state index contributed by atoms with van der Waals surface area (Å²) in [5.74, 6) is 0.647. The highest BCUT2D eigenvalue weighted by Gasteiger charge is 2.26. The number of amides is 2. The highest BCUT2D eigenvalue weighted by Crippen LogP contribution is 2.30. The van der Waals surface area contributed by atoms with E-state index in [0.29, 0.717) is 16.8 Å². The van der Waals surface area contributed by atoms with Crippen LogP contribution < -0.4 is 10.2 Å². The van der Waals surface area contributed by atoms with Crippen LogP contribution in [0.4, 0.5) is 11.4 Å². The van der Waals surface area contributed by atoms with Gasteiger partial charge in [0.1, 0.15) is 0 Å². The molecule has 2 aliphatic heterocycles. The molecule has 158 valence electrons. The monoisotopic (exact) mass is 405 g/mol. The van der Waals surface area contributed by atoms with Crippen molar-refractivity contribution in [2.24, 2.45) is 5.92 Å². The Kier molecular flexibility index (Phi) is 6.07. The summed E-state index contributed by atoms with van der Waals surface area (Å²) < 4.78 is 0. The van der Waals surface area contributed by atoms with E-state index in [1.165, 1.54) is 0 Å². The Labute approximate surface area is 179 Å². The van der Waals surface area contributed by atoms with Crippen LogP contribution in [0.5, 0.6) is 0 Å². The standard InChI is InChI=1S/C25H31N3O2/c1-18-5-7-20(8-6-18)24(29)26-21-9-10-23(27-15-11-19(2)12-16-27)22(17-21)25(30)28-13-3-4-14-28/h5-10,17,19H,3-4,11-16H2,1-2H3,(H,26,29). The van der Waals surface area contributed by atoms with Crippen LogP contribution in [0.15, 0.2) is 42.5 Å². The van der Waals surface area contributed by atoms with Crippen molar-refractivity contribution in [3.05, 3.63) is 59.2 Å². The van der Waals surface area contributed by atoms with Crippen LogP contribution in [0, 0.1) is 12.8 Å². The maximum absolute atomic E-state index is 13.3. The molecule has 0 aliphatic carbocycles. The highest BCUT2D eigenvalue weighted by molar-refractivity contribution is 6.06. The summed E-state index contributed by atoms with van der Waals surface area (Å²) in [7, 11) is 0. The van der Waals surface area contributed by atoms with Gasteiger partial charge in [0.25, 0.3) is 11.8 Å². The zero-order valence-corrected chi connectivity index (χ0v) is 18.0. The molecular formula is C25H31N3O2. The zero-order valence-electron chi connectivity index (χ0n) is 18.0. The number of nitrogens with one attached hydrogen (secondary N) is 1. The van der Waals surface area contributed by atoms with Crippen LogP contribution in [-0.2, 0) is 0 Å². The molecule has 2 aromatic carbocycles. The first kappa shape index (κ1) is 20.5. The van der Waals surface area contributed by atoms with E-state index in [9.17, 15) is 9.59 Å². The summed E-state index contributed by atoms with van der Waals surface area (Å²) in [6, 6.07) is 13.3. The molecule has 1 N–H and O–H groups in total. The molecule has 2 saturated heterocycles. The van der Waals surface area contributed by atoms with Crippen LogP contribution in [0.3, 0.4) is 0 Å². The highest BCUT2D eigenvalue weighted by atomic mass is 16.2. The second kappa shape index (κ2) is 8.90. The Balaban J connectivity index is 1.60. The molecule has 0 aromatic heterocycles. The van der Waals surface area contributed by atoms with Gasteiger partial charge in [-0.1, -0.05) is 24.6 Å². The van der Waals surface area contributed by atoms with Crippen molar-refractivity contribution in [1.29, 1.82) is 0 Å². The lowest BCUT2D eigenvalue weighted by atomic mass is 9.97. The lowest BCUT2D eigenvalue weighted by molar-refractivity contribution is 0.0793. The van der Waals surface area contributed by atoms with Gasteiger partial charge in [0.2, 0.25) is 0 Å². The van der Waals surface area contributed by atoms with E-state index >= 15 is 0 Å². The number of hydrogen-bond donors (Lipinski definition) is 1. The van der Waals surface area contributed by atoms with Crippen LogP contribution in [0.25, 0.3) is 0 Å². The first-order valence-corrected chi connectivity index (χ1v) is 11.1. The largest absolute Gasteiger partial charge is 0.371 e. The van der Waals surface area contributed by atoms with E-state index in [0.717, 1.165) is 69.0 Å². The summed E-state index contributed by atoms with van der Waals surface area (Å²) >= 11 is 0. The molecule has 2 amide bonds. The van der Waals surface area contributed by atoms with Crippen LogP contribution in [0.2, 0.25) is 0 Å². The van der Waals surface area contributed by atoms with Crippen molar-refractivity contribution < 1.29 is 9.59 Å². The predicted molar refractivity (Wildman–Crippen MR) is 121 cm³/mol. The normalized spacial score (nSPS) is 17.3. The van der Waals surface area contributed by atoms with E-state index in [4.69, 9.17) is 0 Å². The van der Waals surface area contributed by atoms with Crippen LogP contribution >= 0.6 is 0 Å². The van der Waals surface area contributed by atoms with Crippen molar-refractivity contribution in [3.63, 3.8) is 0 Å². The predicted octanol–water partition coefficient (Wildman–Crippen LogP) is 4.72. The molecule has 0 atom stereocenters. The molecule has 2 heterocycles. The van der Waals surface area contributed by atoms with Gasteiger partial charge < -0.3 is 15.1 Å². The molecule has 4 rings (SSSR count). The smallest absolute Gasteiger partial charge is 0.256 e. The maximum Gasteiger partial charge on any atom is 0.256 e. The van der Waals surface area contributed by atoms with E-state index in [-0.39, 0.29) is 11.8 Å². The fraction of sp³-hybridized carbons (Fsp3) is 0.440. The van der Waals surface area contributed by atoms with Crippen molar-refractivity contribution in [1.82, 2.24) is 4.90 Å². The number of hydrogen-bond acceptors (Lipinski definition) is 3. The third kappa shape index (κ3) is 4.50. The quantitative estimate of drug-likeness (QED) is 0.801. The fourth-order valence-corrected chi connectivity index (χ4v) is 4.31. The van der Waals surface area contributed by atoms with Gasteiger partial charge in [0.15, 0.2) is 0 Å². The molecule has 2 aliphatic rings. The number of carbonyl (C=O) groups is 2. The molecule has 0 unspecified atom stereocenters. The zero-order chi connectivity index (χ0) is 21.1. The van der Waals surface area contributed by atoms with Gasteiger partial charge in [-0.05, 0) is 68.9 Å². The minimum Gasteiger partial charge on any atom is -0.371 e. The Morgan fingerprint density at radius 2 is 1.60 bits per heavy atom. The first-order chi connectivity index (χ1) is 14.5. The number of rotatable bonds is 4. The SMILES string of the molecule is Cc1ccc(C(=O)Nc2ccc(N3CCC(C)CC3)c(C(=O)N3CCCC3)c2)cc1. The number of piperidine rings is 1. The van der Waals surface area contributed by atoms with E-state index in [2.05, 4.69) is 17.1 Å². The number of aryl methyl sites for hydroxylation is 1. The van der Waals surface area contributed by atoms with Crippen molar-refractivity contribution in [2.75, 3.05) is 36.4 Å². The molecule has 2 aromatic rings. The summed E-state index contributed by atoms with van der Waals surface area (Å²) in [5, 5.41) is 2.97. The van der Waals surface area contributed by atoms with Gasteiger partial charge >= 0.3 is 0 Å². The topological polar surface area (TPSA) is 52.7 Å². The number of nitrogens with zero attached hydrogens (tertiary/aromatic N) is 2. The molecule has 5 nitrogen and oxygen atoms in total. The third-order valence-electron chi connectivity index (χ3n) is 6.32. The molecule has 30 heavy (non-hydrogen) atoms. The molecule has 0 radical (unpaired) electrons. The number of benzene rings is 2. The Hall–Kier alpha value is -2.82. The van der Waals surface area contributed by atoms with Gasteiger partial charge in [0.05, 0.1) is 5.56 Å². The number of carbonyl (C=O) groups excluding carboxylic acids is 2. The van der Waals surface area contributed by atoms with Crippen molar-refractivity contribution in [3.8, 4) is 0 Å². The van der Waals surface area contributed by atoms with E-state index < -0.39 is 0 Å². The third-order valence-corrected chi connectivity index (χ3v) is 6.32. The molecule has 2 fully saturated rings. The lowest BCUT2D eigenvalue weighted by Crippen LogP contribution is -2.35. The second-order valence-electron chi connectivity index (χ2n) is 8.72. The van der Waals surface area contributed by atoms with Crippen LogP contribution in [0.1, 0.15) is 58.9 Å². The minimum absolute atomic E-state index is 0.0764. The van der Waals surface area contributed by atoms with Crippen molar-refractivity contribution >= 4 is 23.2 Å². The maximum atomic E-state index is 13.3. The van der Waals surface area contributed by atoms with E-state index in [1.807, 2.05) is 54.3 Å². The van der Waals surface area contributed by atoms with Gasteiger partial charge in [-0.2, -0.15) is 0 Å². The number of likely N-dealkylation sites (tertiary alicyclic amines) is 1. The Bertz CT molecular complexity index is 908. The average molecular weight is 406 g/mol. The van der Waals surface area contributed by atoms with Gasteiger partial charge in [-0.3, -0.25) is 9.59 Å². The summed E-state index contributed by atoms with van der Waals surface area (Å²) in [4.78, 5) is 30.2. The second-order valence-corrected chi connectivity index (χ2v) is 8.72. The minimum atomic E-state index is -0.158. The lowest BCUT2D eigenvalue weighted by Gasteiger charge is -2.34. The van der Waals surface area contributed by atoms with E-state index in [1.54, 1.807) is 0 Å². The molecule has 0 saturated carbocycles. The van der Waals surface area contributed by atoms with Gasteiger partial charge in [0, 0.05) is 43.1 Å².